The van der Waals surface area contributed by atoms with Gasteiger partial charge in [0.1, 0.15) is 5.52 Å². The van der Waals surface area contributed by atoms with Crippen LogP contribution in [-0.4, -0.2) is 25.6 Å². The lowest BCUT2D eigenvalue weighted by Crippen LogP contribution is -1.99. The fourth-order valence-electron chi connectivity index (χ4n) is 3.21. The fourth-order valence-corrected chi connectivity index (χ4v) is 3.21. The number of hydrogen-bond acceptors (Lipinski definition) is 5. The van der Waals surface area contributed by atoms with Crippen molar-refractivity contribution in [1.29, 1.82) is 0 Å². The van der Waals surface area contributed by atoms with Gasteiger partial charge in [0.15, 0.2) is 5.58 Å². The number of hydrogen-bond donors (Lipinski definition) is 2. The number of nitrogens with one attached hydrogen (secondary N) is 1. The second-order valence-corrected chi connectivity index (χ2v) is 6.65. The van der Waals surface area contributed by atoms with E-state index >= 15 is 0 Å². The zero-order valence-corrected chi connectivity index (χ0v) is 14.1. The van der Waals surface area contributed by atoms with Crippen LogP contribution in [0.1, 0.15) is 34.7 Å². The van der Waals surface area contributed by atoms with Gasteiger partial charge >= 0.3 is 12.0 Å². The average molecular weight is 348 g/mol. The number of benzene rings is 2. The van der Waals surface area contributed by atoms with Gasteiger partial charge in [-0.15, -0.1) is 0 Å². The lowest BCUT2D eigenvalue weighted by atomic mass is 10.1. The molecule has 0 amide bonds. The molecule has 2 aromatic heterocycles. The van der Waals surface area contributed by atoms with Crippen LogP contribution in [0.2, 0.25) is 0 Å². The van der Waals surface area contributed by atoms with Gasteiger partial charge in [-0.1, -0.05) is 6.07 Å². The molecule has 2 N–H and O–H groups in total. The quantitative estimate of drug-likeness (QED) is 0.578. The molecule has 26 heavy (non-hydrogen) atoms. The molecule has 7 heteroatoms. The number of rotatable bonds is 4. The number of anilines is 2. The van der Waals surface area contributed by atoms with E-state index in [1.54, 1.807) is 18.2 Å². The summed E-state index contributed by atoms with van der Waals surface area (Å²) in [6.07, 6.45) is 2.48. The highest BCUT2D eigenvalue weighted by Gasteiger charge is 2.24. The Balaban J connectivity index is 1.51. The van der Waals surface area contributed by atoms with Gasteiger partial charge < -0.3 is 14.1 Å². The van der Waals surface area contributed by atoms with E-state index in [0.717, 1.165) is 16.6 Å². The third kappa shape index (κ3) is 2.40. The highest BCUT2D eigenvalue weighted by Crippen LogP contribution is 2.41. The Bertz CT molecular complexity index is 1170. The first-order valence-corrected chi connectivity index (χ1v) is 8.46. The largest absolute Gasteiger partial charge is 0.478 e. The van der Waals surface area contributed by atoms with Crippen LogP contribution in [0.5, 0.6) is 0 Å². The lowest BCUT2D eigenvalue weighted by Gasteiger charge is -2.01. The van der Waals surface area contributed by atoms with Gasteiger partial charge in [-0.2, -0.15) is 4.98 Å². The van der Waals surface area contributed by atoms with E-state index in [2.05, 4.69) is 27.4 Å². The first kappa shape index (κ1) is 14.9. The number of imidazole rings is 1. The van der Waals surface area contributed by atoms with Gasteiger partial charge in [0.05, 0.1) is 16.6 Å². The Morgan fingerprint density at radius 1 is 1.19 bits per heavy atom. The summed E-state index contributed by atoms with van der Waals surface area (Å²) in [6, 6.07) is 11.4. The SMILES string of the molecule is Cn1c(Nc2nc3ccc(C4CC4)cc3o2)nc2cc(C(=O)O)ccc21. The summed E-state index contributed by atoms with van der Waals surface area (Å²) in [5.74, 6) is 0.221. The molecule has 1 saturated carbocycles. The summed E-state index contributed by atoms with van der Waals surface area (Å²) in [5, 5.41) is 12.2. The second kappa shape index (κ2) is 5.32. The van der Waals surface area contributed by atoms with Gasteiger partial charge in [0, 0.05) is 7.05 Å². The number of aromatic nitrogens is 3. The summed E-state index contributed by atoms with van der Waals surface area (Å²) in [4.78, 5) is 20.1. The molecule has 1 fully saturated rings. The number of carbonyl (C=O) groups is 1. The van der Waals surface area contributed by atoms with Gasteiger partial charge in [-0.25, -0.2) is 9.78 Å². The van der Waals surface area contributed by atoms with E-state index in [9.17, 15) is 4.79 Å². The van der Waals surface area contributed by atoms with Crippen molar-refractivity contribution in [1.82, 2.24) is 14.5 Å². The third-order valence-electron chi connectivity index (χ3n) is 4.81. The lowest BCUT2D eigenvalue weighted by molar-refractivity contribution is 0.0697. The molecule has 0 spiro atoms. The molecule has 1 aliphatic carbocycles. The maximum Gasteiger partial charge on any atom is 0.335 e. The highest BCUT2D eigenvalue weighted by molar-refractivity contribution is 5.93. The monoisotopic (exact) mass is 348 g/mol. The summed E-state index contributed by atoms with van der Waals surface area (Å²) < 4.78 is 7.67. The third-order valence-corrected chi connectivity index (χ3v) is 4.81. The minimum atomic E-state index is -0.975. The molecule has 0 bridgehead atoms. The van der Waals surface area contributed by atoms with E-state index in [-0.39, 0.29) is 5.56 Å². The van der Waals surface area contributed by atoms with Gasteiger partial charge in [-0.3, -0.25) is 5.32 Å². The van der Waals surface area contributed by atoms with Crippen molar-refractivity contribution in [3.63, 3.8) is 0 Å². The van der Waals surface area contributed by atoms with Crippen molar-refractivity contribution in [2.45, 2.75) is 18.8 Å². The molecule has 130 valence electrons. The van der Waals surface area contributed by atoms with Crippen molar-refractivity contribution in [3.05, 3.63) is 47.5 Å². The number of aryl methyl sites for hydroxylation is 1. The Labute approximate surface area is 148 Å². The van der Waals surface area contributed by atoms with Crippen LogP contribution >= 0.6 is 0 Å². The second-order valence-electron chi connectivity index (χ2n) is 6.65. The first-order chi connectivity index (χ1) is 12.6. The molecule has 0 radical (unpaired) electrons. The Kier molecular flexibility index (Phi) is 3.06. The van der Waals surface area contributed by atoms with Gasteiger partial charge in [-0.05, 0) is 54.7 Å². The van der Waals surface area contributed by atoms with Crippen LogP contribution in [0.4, 0.5) is 12.0 Å². The first-order valence-electron chi connectivity index (χ1n) is 8.46. The summed E-state index contributed by atoms with van der Waals surface area (Å²) in [5.41, 5.74) is 4.47. The van der Waals surface area contributed by atoms with Crippen molar-refractivity contribution in [2.75, 3.05) is 5.32 Å². The molecule has 0 aliphatic heterocycles. The Morgan fingerprint density at radius 3 is 2.81 bits per heavy atom. The number of aromatic carboxylic acids is 1. The maximum atomic E-state index is 11.1. The van der Waals surface area contributed by atoms with E-state index in [1.165, 1.54) is 18.4 Å². The molecule has 4 aromatic rings. The summed E-state index contributed by atoms with van der Waals surface area (Å²) >= 11 is 0. The molecule has 7 nitrogen and oxygen atoms in total. The van der Waals surface area contributed by atoms with E-state index in [1.807, 2.05) is 17.7 Å². The molecule has 0 atom stereocenters. The van der Waals surface area contributed by atoms with E-state index in [4.69, 9.17) is 9.52 Å². The standard InChI is InChI=1S/C19H16N4O3/c1-23-15-7-5-12(17(24)25)8-14(15)20-18(23)22-19-21-13-6-4-11(10-2-3-10)9-16(13)26-19/h4-10H,2-3H2,1H3,(H,24,25)(H,20,21,22). The Morgan fingerprint density at radius 2 is 2.04 bits per heavy atom. The van der Waals surface area contributed by atoms with Crippen molar-refractivity contribution in [3.8, 4) is 0 Å². The van der Waals surface area contributed by atoms with Crippen molar-refractivity contribution >= 4 is 40.1 Å². The van der Waals surface area contributed by atoms with Gasteiger partial charge in [0.25, 0.3) is 0 Å². The van der Waals surface area contributed by atoms with Crippen LogP contribution in [-0.2, 0) is 7.05 Å². The number of carboxylic acids is 1. The molecular weight excluding hydrogens is 332 g/mol. The number of fused-ring (bicyclic) bond motifs is 2. The maximum absolute atomic E-state index is 11.1. The predicted molar refractivity (Wildman–Crippen MR) is 96.9 cm³/mol. The average Bonchev–Trinajstić information content (AvgIpc) is 3.33. The van der Waals surface area contributed by atoms with Crippen LogP contribution in [0, 0.1) is 0 Å². The molecule has 0 unspecified atom stereocenters. The fraction of sp³-hybridized carbons (Fsp3) is 0.211. The number of carboxylic acid groups (broad SMARTS) is 1. The number of nitrogens with zero attached hydrogens (tertiary/aromatic N) is 3. The smallest absolute Gasteiger partial charge is 0.335 e. The zero-order chi connectivity index (χ0) is 17.8. The molecule has 2 aromatic carbocycles. The molecule has 5 rings (SSSR count). The molecule has 1 aliphatic rings. The van der Waals surface area contributed by atoms with Crippen LogP contribution in [0.25, 0.3) is 22.1 Å². The Hall–Kier alpha value is -3.35. The summed E-state index contributed by atoms with van der Waals surface area (Å²) in [7, 11) is 1.85. The molecule has 2 heterocycles. The predicted octanol–water partition coefficient (Wildman–Crippen LogP) is 4.03. The van der Waals surface area contributed by atoms with Crippen molar-refractivity contribution < 1.29 is 14.3 Å². The normalized spacial score (nSPS) is 14.2. The zero-order valence-electron chi connectivity index (χ0n) is 14.1. The minimum Gasteiger partial charge on any atom is -0.478 e. The molecular formula is C19H16N4O3. The van der Waals surface area contributed by atoms with Crippen molar-refractivity contribution in [2.24, 2.45) is 7.05 Å². The minimum absolute atomic E-state index is 0.205. The summed E-state index contributed by atoms with van der Waals surface area (Å²) in [6.45, 7) is 0. The molecule has 0 saturated heterocycles. The van der Waals surface area contributed by atoms with E-state index < -0.39 is 5.97 Å². The van der Waals surface area contributed by atoms with Gasteiger partial charge in [0.2, 0.25) is 5.95 Å². The van der Waals surface area contributed by atoms with Crippen LogP contribution < -0.4 is 5.32 Å². The highest BCUT2D eigenvalue weighted by atomic mass is 16.4. The van der Waals surface area contributed by atoms with Crippen LogP contribution in [0.3, 0.4) is 0 Å². The topological polar surface area (TPSA) is 93.2 Å². The number of oxazole rings is 1. The van der Waals surface area contributed by atoms with Crippen LogP contribution in [0.15, 0.2) is 40.8 Å². The van der Waals surface area contributed by atoms with E-state index in [0.29, 0.717) is 23.4 Å².